The van der Waals surface area contributed by atoms with Crippen molar-refractivity contribution in [2.75, 3.05) is 31.5 Å². The lowest BCUT2D eigenvalue weighted by Gasteiger charge is -2.34. The number of anilines is 1. The Hall–Kier alpha value is -3.02. The summed E-state index contributed by atoms with van der Waals surface area (Å²) in [5.74, 6) is 0.569. The van der Waals surface area contributed by atoms with Crippen molar-refractivity contribution in [3.63, 3.8) is 0 Å². The molecule has 0 saturated carbocycles. The normalized spacial score (nSPS) is 14.8. The lowest BCUT2D eigenvalue weighted by molar-refractivity contribution is -0.127. The minimum atomic E-state index is -0.135. The van der Waals surface area contributed by atoms with Crippen LogP contribution in [0, 0.1) is 6.92 Å². The molecule has 1 N–H and O–H groups in total. The number of benzene rings is 1. The first-order valence-corrected chi connectivity index (χ1v) is 8.25. The van der Waals surface area contributed by atoms with Crippen molar-refractivity contribution in [2.45, 2.75) is 6.92 Å². The number of hydrogen-bond donors (Lipinski definition) is 1. The molecule has 1 aliphatic rings. The van der Waals surface area contributed by atoms with Crippen LogP contribution in [0.4, 0.5) is 10.5 Å². The first-order valence-electron chi connectivity index (χ1n) is 8.25. The van der Waals surface area contributed by atoms with Gasteiger partial charge in [-0.3, -0.25) is 4.79 Å². The Labute approximate surface area is 146 Å². The minimum absolute atomic E-state index is 0.0739. The standard InChI is InChI=1S/C19H21N3O3/c1-15-4-2-5-16(14-15)20-19(24)22-11-9-21(10-12-22)18(23)8-7-17-6-3-13-25-17/h2-8,13-14H,9-12H2,1H3,(H,20,24)/b8-7-. The van der Waals surface area contributed by atoms with Crippen molar-refractivity contribution in [1.82, 2.24) is 9.80 Å². The average molecular weight is 339 g/mol. The molecule has 2 aromatic rings. The maximum Gasteiger partial charge on any atom is 0.321 e. The van der Waals surface area contributed by atoms with E-state index in [9.17, 15) is 9.59 Å². The second-order valence-electron chi connectivity index (χ2n) is 5.96. The van der Waals surface area contributed by atoms with Crippen molar-refractivity contribution in [3.05, 3.63) is 60.1 Å². The van der Waals surface area contributed by atoms with Crippen LogP contribution in [0.5, 0.6) is 0 Å². The topological polar surface area (TPSA) is 65.8 Å². The highest BCUT2D eigenvalue weighted by Gasteiger charge is 2.23. The lowest BCUT2D eigenvalue weighted by Crippen LogP contribution is -2.51. The summed E-state index contributed by atoms with van der Waals surface area (Å²) in [6, 6.07) is 11.1. The zero-order valence-electron chi connectivity index (χ0n) is 14.1. The number of urea groups is 1. The summed E-state index contributed by atoms with van der Waals surface area (Å²) in [6.07, 6.45) is 4.72. The molecular weight excluding hydrogens is 318 g/mol. The Morgan fingerprint density at radius 1 is 1.08 bits per heavy atom. The molecule has 3 rings (SSSR count). The van der Waals surface area contributed by atoms with Crippen LogP contribution in [0.25, 0.3) is 6.08 Å². The second kappa shape index (κ2) is 7.70. The molecule has 3 amide bonds. The summed E-state index contributed by atoms with van der Waals surface area (Å²) in [5, 5.41) is 2.90. The van der Waals surface area contributed by atoms with Crippen LogP contribution in [0.1, 0.15) is 11.3 Å². The summed E-state index contributed by atoms with van der Waals surface area (Å²) in [4.78, 5) is 28.0. The Morgan fingerprint density at radius 3 is 2.52 bits per heavy atom. The molecule has 6 heteroatoms. The number of aryl methyl sites for hydroxylation is 1. The molecular formula is C19H21N3O3. The van der Waals surface area contributed by atoms with Gasteiger partial charge in [0.1, 0.15) is 5.76 Å². The molecule has 0 radical (unpaired) electrons. The van der Waals surface area contributed by atoms with E-state index in [0.717, 1.165) is 11.3 Å². The van der Waals surface area contributed by atoms with Gasteiger partial charge >= 0.3 is 6.03 Å². The lowest BCUT2D eigenvalue weighted by atomic mass is 10.2. The molecule has 0 aliphatic carbocycles. The van der Waals surface area contributed by atoms with Gasteiger partial charge < -0.3 is 19.5 Å². The zero-order chi connectivity index (χ0) is 17.6. The fourth-order valence-corrected chi connectivity index (χ4v) is 2.70. The van der Waals surface area contributed by atoms with Crippen LogP contribution < -0.4 is 5.32 Å². The summed E-state index contributed by atoms with van der Waals surface area (Å²) in [6.45, 7) is 4.04. The van der Waals surface area contributed by atoms with Crippen LogP contribution in [-0.2, 0) is 4.79 Å². The number of rotatable bonds is 3. The molecule has 130 valence electrons. The molecule has 1 fully saturated rings. The van der Waals surface area contributed by atoms with Crippen molar-refractivity contribution < 1.29 is 14.0 Å². The van der Waals surface area contributed by atoms with Crippen LogP contribution in [0.3, 0.4) is 0 Å². The van der Waals surface area contributed by atoms with Gasteiger partial charge in [-0.2, -0.15) is 0 Å². The Kier molecular flexibility index (Phi) is 5.18. The number of nitrogens with zero attached hydrogens (tertiary/aromatic N) is 2. The number of furan rings is 1. The zero-order valence-corrected chi connectivity index (χ0v) is 14.1. The third kappa shape index (κ3) is 4.50. The van der Waals surface area contributed by atoms with Gasteiger partial charge in [-0.25, -0.2) is 4.79 Å². The highest BCUT2D eigenvalue weighted by molar-refractivity contribution is 5.92. The molecule has 1 aliphatic heterocycles. The van der Waals surface area contributed by atoms with Crippen molar-refractivity contribution in [3.8, 4) is 0 Å². The van der Waals surface area contributed by atoms with Crippen LogP contribution in [-0.4, -0.2) is 47.9 Å². The highest BCUT2D eigenvalue weighted by atomic mass is 16.3. The van der Waals surface area contributed by atoms with Crippen molar-refractivity contribution in [1.29, 1.82) is 0 Å². The molecule has 0 spiro atoms. The number of hydrogen-bond acceptors (Lipinski definition) is 3. The van der Waals surface area contributed by atoms with E-state index >= 15 is 0 Å². The number of amides is 3. The van der Waals surface area contributed by atoms with Crippen molar-refractivity contribution in [2.24, 2.45) is 0 Å². The summed E-state index contributed by atoms with van der Waals surface area (Å²) < 4.78 is 5.17. The van der Waals surface area contributed by atoms with Gasteiger partial charge in [0.05, 0.1) is 6.26 Å². The van der Waals surface area contributed by atoms with E-state index in [1.165, 1.54) is 6.08 Å². The number of carbonyl (C=O) groups is 2. The molecule has 1 aromatic carbocycles. The summed E-state index contributed by atoms with van der Waals surface area (Å²) in [5.41, 5.74) is 1.88. The fourth-order valence-electron chi connectivity index (χ4n) is 2.70. The minimum Gasteiger partial charge on any atom is -0.465 e. The first-order chi connectivity index (χ1) is 12.1. The van der Waals surface area contributed by atoms with E-state index in [0.29, 0.717) is 31.9 Å². The molecule has 25 heavy (non-hydrogen) atoms. The largest absolute Gasteiger partial charge is 0.465 e. The van der Waals surface area contributed by atoms with E-state index in [2.05, 4.69) is 5.32 Å². The van der Waals surface area contributed by atoms with Gasteiger partial charge in [0.15, 0.2) is 0 Å². The predicted octanol–water partition coefficient (Wildman–Crippen LogP) is 2.98. The molecule has 0 bridgehead atoms. The van der Waals surface area contributed by atoms with Gasteiger partial charge in [0.2, 0.25) is 5.91 Å². The Balaban J connectivity index is 1.49. The van der Waals surface area contributed by atoms with Gasteiger partial charge in [-0.1, -0.05) is 12.1 Å². The van der Waals surface area contributed by atoms with E-state index < -0.39 is 0 Å². The average Bonchev–Trinajstić information content (AvgIpc) is 3.13. The van der Waals surface area contributed by atoms with Gasteiger partial charge in [0.25, 0.3) is 0 Å². The summed E-state index contributed by atoms with van der Waals surface area (Å²) in [7, 11) is 0. The molecule has 2 heterocycles. The van der Waals surface area contributed by atoms with E-state index in [1.807, 2.05) is 31.2 Å². The Bertz CT molecular complexity index is 760. The molecule has 1 saturated heterocycles. The van der Waals surface area contributed by atoms with Gasteiger partial charge in [0, 0.05) is 37.9 Å². The molecule has 6 nitrogen and oxygen atoms in total. The fraction of sp³-hybridized carbons (Fsp3) is 0.263. The molecule has 0 atom stereocenters. The van der Waals surface area contributed by atoms with Gasteiger partial charge in [-0.15, -0.1) is 0 Å². The summed E-state index contributed by atoms with van der Waals surface area (Å²) >= 11 is 0. The van der Waals surface area contributed by atoms with Gasteiger partial charge in [-0.05, 0) is 42.8 Å². The van der Waals surface area contributed by atoms with Crippen LogP contribution in [0.2, 0.25) is 0 Å². The second-order valence-corrected chi connectivity index (χ2v) is 5.96. The van der Waals surface area contributed by atoms with Crippen molar-refractivity contribution >= 4 is 23.7 Å². The van der Waals surface area contributed by atoms with E-state index in [-0.39, 0.29) is 11.9 Å². The number of piperazine rings is 1. The maximum absolute atomic E-state index is 12.3. The van der Waals surface area contributed by atoms with Crippen LogP contribution in [0.15, 0.2) is 53.2 Å². The third-order valence-electron chi connectivity index (χ3n) is 4.08. The SMILES string of the molecule is Cc1cccc(NC(=O)N2CCN(C(=O)/C=C\c3ccco3)CC2)c1. The molecule has 0 unspecified atom stereocenters. The van der Waals surface area contributed by atoms with Crippen LogP contribution >= 0.6 is 0 Å². The van der Waals surface area contributed by atoms with E-state index in [1.54, 1.807) is 34.3 Å². The number of nitrogens with one attached hydrogen (secondary N) is 1. The van der Waals surface area contributed by atoms with E-state index in [4.69, 9.17) is 4.42 Å². The smallest absolute Gasteiger partial charge is 0.321 e. The molecule has 1 aromatic heterocycles. The first kappa shape index (κ1) is 16.8. The Morgan fingerprint density at radius 2 is 1.84 bits per heavy atom. The highest BCUT2D eigenvalue weighted by Crippen LogP contribution is 2.12. The third-order valence-corrected chi connectivity index (χ3v) is 4.08. The quantitative estimate of drug-likeness (QED) is 0.874. The predicted molar refractivity (Wildman–Crippen MR) is 96.1 cm³/mol. The monoisotopic (exact) mass is 339 g/mol. The maximum atomic E-state index is 12.3. The number of carbonyl (C=O) groups excluding carboxylic acids is 2.